The minimum absolute atomic E-state index is 0. The van der Waals surface area contributed by atoms with Crippen molar-refractivity contribution in [1.29, 1.82) is 0 Å². The van der Waals surface area contributed by atoms with Gasteiger partial charge < -0.3 is 20.1 Å². The van der Waals surface area contributed by atoms with E-state index < -0.39 is 21.6 Å². The lowest BCUT2D eigenvalue weighted by Crippen LogP contribution is -2.38. The number of methoxy groups -OCH3 is 1. The number of fused-ring (bicyclic) bond motifs is 1. The van der Waals surface area contributed by atoms with Gasteiger partial charge in [0.25, 0.3) is 0 Å². The first kappa shape index (κ1) is 34.1. The number of anilines is 2. The summed E-state index contributed by atoms with van der Waals surface area (Å²) >= 11 is 6.19. The van der Waals surface area contributed by atoms with Gasteiger partial charge in [-0.25, -0.2) is 27.8 Å². The molecule has 10 nitrogen and oxygen atoms in total. The van der Waals surface area contributed by atoms with Gasteiger partial charge in [0.2, 0.25) is 21.9 Å². The van der Waals surface area contributed by atoms with Crippen LogP contribution < -0.4 is 24.8 Å². The van der Waals surface area contributed by atoms with Crippen molar-refractivity contribution >= 4 is 56.4 Å². The standard InChI is InChI=1S/C33H32ClFN6O4S.ClH/c1-20-10-11-23-24(12-13-27(35)29(23)41-46(42,43)19-21-6-3-9-26(34)31(21)44-2)30(20)45-32-25(8-5-16-37-32)28-14-17-38-33(40-28)39-22-7-4-15-36-18-22;/h3,5-6,8-14,16-17,22,36,41H,4,7,15,18-19H2,1-2H3,(H,38,39,40);1H. The molecular formula is C33H33Cl2FN6O4S. The second-order valence-corrected chi connectivity index (χ2v) is 13.1. The van der Waals surface area contributed by atoms with Crippen LogP contribution >= 0.6 is 24.0 Å². The van der Waals surface area contributed by atoms with Crippen LogP contribution in [-0.4, -0.2) is 49.6 Å². The molecule has 2 aromatic heterocycles. The van der Waals surface area contributed by atoms with Crippen molar-refractivity contribution in [3.05, 3.63) is 95.0 Å². The lowest BCUT2D eigenvalue weighted by Gasteiger charge is -2.23. The van der Waals surface area contributed by atoms with Crippen LogP contribution in [-0.2, 0) is 15.8 Å². The van der Waals surface area contributed by atoms with Gasteiger partial charge in [-0.15, -0.1) is 12.4 Å². The molecule has 0 aliphatic carbocycles. The summed E-state index contributed by atoms with van der Waals surface area (Å²) in [5.41, 5.74) is 2.11. The molecule has 1 saturated heterocycles. The number of ether oxygens (including phenoxy) is 2. The summed E-state index contributed by atoms with van der Waals surface area (Å²) in [4.78, 5) is 13.6. The molecule has 5 aromatic rings. The van der Waals surface area contributed by atoms with E-state index in [2.05, 4.69) is 25.3 Å². The fourth-order valence-electron chi connectivity index (χ4n) is 5.49. The summed E-state index contributed by atoms with van der Waals surface area (Å²) in [6.07, 6.45) is 5.39. The molecule has 47 heavy (non-hydrogen) atoms. The number of rotatable bonds is 10. The van der Waals surface area contributed by atoms with E-state index in [-0.39, 0.29) is 40.8 Å². The minimum atomic E-state index is -4.10. The maximum atomic E-state index is 15.3. The Balaban J connectivity index is 0.00000433. The van der Waals surface area contributed by atoms with E-state index in [0.717, 1.165) is 31.5 Å². The van der Waals surface area contributed by atoms with Crippen molar-refractivity contribution in [2.75, 3.05) is 30.2 Å². The predicted molar refractivity (Wildman–Crippen MR) is 185 cm³/mol. The molecule has 1 unspecified atom stereocenters. The van der Waals surface area contributed by atoms with E-state index in [1.165, 1.54) is 13.2 Å². The molecular weight excluding hydrogens is 666 g/mol. The van der Waals surface area contributed by atoms with Gasteiger partial charge in [0.1, 0.15) is 17.3 Å². The summed E-state index contributed by atoms with van der Waals surface area (Å²) in [5, 5.41) is 7.85. The van der Waals surface area contributed by atoms with Crippen LogP contribution in [0.4, 0.5) is 16.0 Å². The molecule has 1 aliphatic rings. The first-order chi connectivity index (χ1) is 22.2. The molecule has 6 rings (SSSR count). The molecule has 246 valence electrons. The predicted octanol–water partition coefficient (Wildman–Crippen LogP) is 7.12. The van der Waals surface area contributed by atoms with Crippen LogP contribution in [0.3, 0.4) is 0 Å². The van der Waals surface area contributed by atoms with Gasteiger partial charge in [-0.05, 0) is 68.3 Å². The molecule has 0 bridgehead atoms. The van der Waals surface area contributed by atoms with E-state index in [4.69, 9.17) is 26.1 Å². The number of piperidine rings is 1. The Bertz CT molecular complexity index is 2010. The molecule has 0 amide bonds. The Morgan fingerprint density at radius 1 is 1.02 bits per heavy atom. The van der Waals surface area contributed by atoms with E-state index in [9.17, 15) is 8.42 Å². The smallest absolute Gasteiger partial charge is 0.237 e. The number of aromatic nitrogens is 3. The average molecular weight is 700 g/mol. The Labute approximate surface area is 283 Å². The number of sulfonamides is 1. The van der Waals surface area contributed by atoms with Crippen molar-refractivity contribution < 1.29 is 22.3 Å². The zero-order chi connectivity index (χ0) is 32.3. The molecule has 3 N–H and O–H groups in total. The number of halogens is 3. The molecule has 3 heterocycles. The molecule has 0 radical (unpaired) electrons. The highest BCUT2D eigenvalue weighted by Gasteiger charge is 2.22. The van der Waals surface area contributed by atoms with Crippen molar-refractivity contribution in [1.82, 2.24) is 20.3 Å². The largest absolute Gasteiger partial charge is 0.495 e. The maximum Gasteiger partial charge on any atom is 0.237 e. The van der Waals surface area contributed by atoms with Gasteiger partial charge in [-0.1, -0.05) is 35.9 Å². The monoisotopic (exact) mass is 698 g/mol. The fraction of sp³-hybridized carbons (Fsp3) is 0.242. The number of para-hydroxylation sites is 1. The van der Waals surface area contributed by atoms with Crippen molar-refractivity contribution in [3.8, 4) is 28.6 Å². The summed E-state index contributed by atoms with van der Waals surface area (Å²) in [6.45, 7) is 3.69. The van der Waals surface area contributed by atoms with Gasteiger partial charge in [0, 0.05) is 41.3 Å². The Morgan fingerprint density at radius 2 is 1.85 bits per heavy atom. The van der Waals surface area contributed by atoms with Crippen molar-refractivity contribution in [2.45, 2.75) is 31.6 Å². The number of hydrogen-bond donors (Lipinski definition) is 3. The highest BCUT2D eigenvalue weighted by molar-refractivity contribution is 7.92. The van der Waals surface area contributed by atoms with Crippen LogP contribution in [0.15, 0.2) is 73.1 Å². The van der Waals surface area contributed by atoms with E-state index in [1.54, 1.807) is 60.9 Å². The van der Waals surface area contributed by atoms with Crippen molar-refractivity contribution in [3.63, 3.8) is 0 Å². The number of nitrogens with zero attached hydrogens (tertiary/aromatic N) is 3. The first-order valence-electron chi connectivity index (χ1n) is 14.7. The summed E-state index contributed by atoms with van der Waals surface area (Å²) in [7, 11) is -2.69. The van der Waals surface area contributed by atoms with Gasteiger partial charge in [0.05, 0.1) is 34.8 Å². The van der Waals surface area contributed by atoms with Crippen LogP contribution in [0.5, 0.6) is 17.4 Å². The summed E-state index contributed by atoms with van der Waals surface area (Å²) < 4.78 is 56.1. The quantitative estimate of drug-likeness (QED) is 0.140. The average Bonchev–Trinajstić information content (AvgIpc) is 3.04. The minimum Gasteiger partial charge on any atom is -0.495 e. The first-order valence-corrected chi connectivity index (χ1v) is 16.7. The fourth-order valence-corrected chi connectivity index (χ4v) is 6.99. The maximum absolute atomic E-state index is 15.3. The Kier molecular flexibility index (Phi) is 10.7. The third-order valence-electron chi connectivity index (χ3n) is 7.68. The van der Waals surface area contributed by atoms with Gasteiger partial charge in [-0.3, -0.25) is 4.72 Å². The van der Waals surface area contributed by atoms with E-state index in [1.807, 2.05) is 13.0 Å². The van der Waals surface area contributed by atoms with E-state index >= 15 is 4.39 Å². The second kappa shape index (κ2) is 14.7. The molecule has 1 fully saturated rings. The highest BCUT2D eigenvalue weighted by Crippen LogP contribution is 2.40. The number of aryl methyl sites for hydroxylation is 1. The van der Waals surface area contributed by atoms with Crippen LogP contribution in [0.1, 0.15) is 24.0 Å². The van der Waals surface area contributed by atoms with E-state index in [0.29, 0.717) is 39.3 Å². The van der Waals surface area contributed by atoms with Gasteiger partial charge >= 0.3 is 0 Å². The van der Waals surface area contributed by atoms with Gasteiger partial charge in [0.15, 0.2) is 0 Å². The van der Waals surface area contributed by atoms with Gasteiger partial charge in [-0.2, -0.15) is 0 Å². The molecule has 3 aromatic carbocycles. The molecule has 1 atom stereocenters. The number of hydrogen-bond acceptors (Lipinski definition) is 9. The highest BCUT2D eigenvalue weighted by atomic mass is 35.5. The lowest BCUT2D eigenvalue weighted by atomic mass is 10.0. The zero-order valence-corrected chi connectivity index (χ0v) is 28.0. The lowest BCUT2D eigenvalue weighted by molar-refractivity contribution is 0.411. The third-order valence-corrected chi connectivity index (χ3v) is 9.19. The Morgan fingerprint density at radius 3 is 2.64 bits per heavy atom. The Hall–Kier alpha value is -4.23. The zero-order valence-electron chi connectivity index (χ0n) is 25.6. The number of nitrogens with one attached hydrogen (secondary N) is 3. The normalized spacial score (nSPS) is 14.7. The van der Waals surface area contributed by atoms with Crippen LogP contribution in [0, 0.1) is 12.7 Å². The van der Waals surface area contributed by atoms with Crippen LogP contribution in [0.25, 0.3) is 22.0 Å². The van der Waals surface area contributed by atoms with Crippen LogP contribution in [0.2, 0.25) is 5.02 Å². The summed E-state index contributed by atoms with van der Waals surface area (Å²) in [6, 6.07) is 16.6. The molecule has 14 heteroatoms. The number of pyridine rings is 1. The second-order valence-electron chi connectivity index (χ2n) is 10.9. The molecule has 0 spiro atoms. The molecule has 1 aliphatic heterocycles. The number of benzene rings is 3. The SMILES string of the molecule is COc1c(Cl)cccc1CS(=O)(=O)Nc1c(F)ccc2c(Oc3ncccc3-c3ccnc(NC4CCCNC4)n3)c(C)ccc12.Cl. The third kappa shape index (κ3) is 7.68. The van der Waals surface area contributed by atoms with Crippen molar-refractivity contribution in [2.24, 2.45) is 0 Å². The molecule has 0 saturated carbocycles. The topological polar surface area (TPSA) is 127 Å². The summed E-state index contributed by atoms with van der Waals surface area (Å²) in [5.74, 6) is 0.202.